The maximum Gasteiger partial charge on any atom is 0.0596 e. The number of aliphatic hydroxyl groups excluding tert-OH is 1. The van der Waals surface area contributed by atoms with Gasteiger partial charge in [-0.3, -0.25) is 0 Å². The van der Waals surface area contributed by atoms with Crippen LogP contribution < -0.4 is 10.6 Å². The summed E-state index contributed by atoms with van der Waals surface area (Å²) in [5.41, 5.74) is 0. The Morgan fingerprint density at radius 1 is 0.640 bits per heavy atom. The van der Waals surface area contributed by atoms with Gasteiger partial charge in [-0.15, -0.1) is 0 Å². The standard InChI is InChI=1S/C22H48N2O/c1-3-4-5-6-7-8-9-10-11-12-13-14-15-16-17-18-19-24-20-22(21-25)23-2/h22-25H,3-21H2,1-2H3/t22-/m0/s1. The van der Waals surface area contributed by atoms with E-state index in [-0.39, 0.29) is 12.6 Å². The molecule has 1 atom stereocenters. The van der Waals surface area contributed by atoms with Crippen LogP contribution in [0.4, 0.5) is 0 Å². The van der Waals surface area contributed by atoms with E-state index in [9.17, 15) is 0 Å². The van der Waals surface area contributed by atoms with Crippen LogP contribution in [0.5, 0.6) is 0 Å². The van der Waals surface area contributed by atoms with Gasteiger partial charge in [0.1, 0.15) is 0 Å². The highest BCUT2D eigenvalue weighted by molar-refractivity contribution is 4.65. The molecular formula is C22H48N2O. The molecule has 0 saturated carbocycles. The Morgan fingerprint density at radius 2 is 1.04 bits per heavy atom. The molecule has 3 heteroatoms. The van der Waals surface area contributed by atoms with Crippen LogP contribution in [-0.2, 0) is 0 Å². The molecule has 0 amide bonds. The quantitative estimate of drug-likeness (QED) is 0.241. The first kappa shape index (κ1) is 24.9. The number of nitrogens with one attached hydrogen (secondary N) is 2. The third kappa shape index (κ3) is 20.0. The van der Waals surface area contributed by atoms with E-state index in [4.69, 9.17) is 5.11 Å². The van der Waals surface area contributed by atoms with Crippen molar-refractivity contribution in [3.63, 3.8) is 0 Å². The first-order valence-electron chi connectivity index (χ1n) is 11.3. The summed E-state index contributed by atoms with van der Waals surface area (Å²) < 4.78 is 0. The Kier molecular flexibility index (Phi) is 21.8. The second-order valence-corrected chi connectivity index (χ2v) is 7.68. The molecule has 0 aromatic heterocycles. The van der Waals surface area contributed by atoms with E-state index in [0.717, 1.165) is 13.1 Å². The topological polar surface area (TPSA) is 44.3 Å². The normalized spacial score (nSPS) is 12.6. The Bertz CT molecular complexity index is 232. The van der Waals surface area contributed by atoms with E-state index in [1.54, 1.807) is 0 Å². The molecule has 152 valence electrons. The summed E-state index contributed by atoms with van der Waals surface area (Å²) in [6.07, 6.45) is 22.7. The number of rotatable bonds is 21. The molecule has 0 aliphatic carbocycles. The average molecular weight is 357 g/mol. The molecule has 0 unspecified atom stereocenters. The fraction of sp³-hybridized carbons (Fsp3) is 1.00. The van der Waals surface area contributed by atoms with Crippen molar-refractivity contribution < 1.29 is 5.11 Å². The summed E-state index contributed by atoms with van der Waals surface area (Å²) in [5, 5.41) is 15.6. The molecule has 0 fully saturated rings. The third-order valence-corrected chi connectivity index (χ3v) is 5.23. The minimum Gasteiger partial charge on any atom is -0.395 e. The Morgan fingerprint density at radius 3 is 1.40 bits per heavy atom. The SMILES string of the molecule is CCCCCCCCCCCCCCCCCCNC[C@@H](CO)NC. The predicted octanol–water partition coefficient (Wildman–Crippen LogP) is 5.42. The van der Waals surface area contributed by atoms with Gasteiger partial charge in [-0.2, -0.15) is 0 Å². The van der Waals surface area contributed by atoms with E-state index in [1.165, 1.54) is 103 Å². The van der Waals surface area contributed by atoms with Gasteiger partial charge in [0.15, 0.2) is 0 Å². The largest absolute Gasteiger partial charge is 0.395 e. The van der Waals surface area contributed by atoms with Crippen LogP contribution in [0.15, 0.2) is 0 Å². The zero-order valence-electron chi connectivity index (χ0n) is 17.5. The lowest BCUT2D eigenvalue weighted by molar-refractivity contribution is 0.245. The minimum atomic E-state index is 0.195. The number of likely N-dealkylation sites (N-methyl/N-ethyl adjacent to an activating group) is 1. The van der Waals surface area contributed by atoms with Crippen molar-refractivity contribution in [1.29, 1.82) is 0 Å². The van der Waals surface area contributed by atoms with E-state index >= 15 is 0 Å². The van der Waals surface area contributed by atoms with Crippen molar-refractivity contribution in [3.05, 3.63) is 0 Å². The summed E-state index contributed by atoms with van der Waals surface area (Å²) >= 11 is 0. The molecule has 0 bridgehead atoms. The number of unbranched alkanes of at least 4 members (excludes halogenated alkanes) is 15. The molecule has 0 aromatic rings. The molecule has 3 nitrogen and oxygen atoms in total. The number of hydrogen-bond donors (Lipinski definition) is 3. The lowest BCUT2D eigenvalue weighted by atomic mass is 10.0. The molecule has 0 radical (unpaired) electrons. The van der Waals surface area contributed by atoms with E-state index in [2.05, 4.69) is 17.6 Å². The van der Waals surface area contributed by atoms with Crippen molar-refractivity contribution in [2.24, 2.45) is 0 Å². The van der Waals surface area contributed by atoms with E-state index in [0.29, 0.717) is 0 Å². The van der Waals surface area contributed by atoms with Gasteiger partial charge in [-0.05, 0) is 20.0 Å². The van der Waals surface area contributed by atoms with Crippen molar-refractivity contribution in [2.75, 3.05) is 26.7 Å². The molecule has 0 rings (SSSR count). The third-order valence-electron chi connectivity index (χ3n) is 5.23. The Hall–Kier alpha value is -0.120. The maximum absolute atomic E-state index is 9.07. The van der Waals surface area contributed by atoms with Gasteiger partial charge in [0.05, 0.1) is 6.61 Å². The highest BCUT2D eigenvalue weighted by Crippen LogP contribution is 2.13. The molecule has 0 saturated heterocycles. The minimum absolute atomic E-state index is 0.195. The smallest absolute Gasteiger partial charge is 0.0596 e. The van der Waals surface area contributed by atoms with Gasteiger partial charge < -0.3 is 15.7 Å². The van der Waals surface area contributed by atoms with E-state index < -0.39 is 0 Å². The van der Waals surface area contributed by atoms with Gasteiger partial charge in [-0.25, -0.2) is 0 Å². The fourth-order valence-corrected chi connectivity index (χ4v) is 3.33. The van der Waals surface area contributed by atoms with Crippen LogP contribution >= 0.6 is 0 Å². The van der Waals surface area contributed by atoms with Crippen molar-refractivity contribution in [1.82, 2.24) is 10.6 Å². The number of aliphatic hydroxyl groups is 1. The monoisotopic (exact) mass is 356 g/mol. The first-order valence-corrected chi connectivity index (χ1v) is 11.3. The Labute approximate surface area is 158 Å². The molecule has 25 heavy (non-hydrogen) atoms. The summed E-state index contributed by atoms with van der Waals surface area (Å²) in [6.45, 7) is 4.45. The highest BCUT2D eigenvalue weighted by Gasteiger charge is 2.01. The predicted molar refractivity (Wildman–Crippen MR) is 112 cm³/mol. The summed E-state index contributed by atoms with van der Waals surface area (Å²) in [5.74, 6) is 0. The first-order chi connectivity index (χ1) is 12.3. The molecule has 0 heterocycles. The highest BCUT2D eigenvalue weighted by atomic mass is 16.3. The molecular weight excluding hydrogens is 308 g/mol. The Balaban J connectivity index is 3.03. The summed E-state index contributed by atoms with van der Waals surface area (Å²) in [4.78, 5) is 0. The van der Waals surface area contributed by atoms with Crippen LogP contribution in [0.2, 0.25) is 0 Å². The zero-order chi connectivity index (χ0) is 18.4. The molecule has 0 spiro atoms. The van der Waals surface area contributed by atoms with Crippen LogP contribution in [0.25, 0.3) is 0 Å². The van der Waals surface area contributed by atoms with Gasteiger partial charge in [-0.1, -0.05) is 103 Å². The lowest BCUT2D eigenvalue weighted by Gasteiger charge is -2.13. The summed E-state index contributed by atoms with van der Waals surface area (Å²) in [7, 11) is 1.90. The van der Waals surface area contributed by atoms with E-state index in [1.807, 2.05) is 7.05 Å². The number of hydrogen-bond acceptors (Lipinski definition) is 3. The molecule has 3 N–H and O–H groups in total. The van der Waals surface area contributed by atoms with Gasteiger partial charge in [0, 0.05) is 12.6 Å². The average Bonchev–Trinajstić information content (AvgIpc) is 2.64. The van der Waals surface area contributed by atoms with Gasteiger partial charge >= 0.3 is 0 Å². The van der Waals surface area contributed by atoms with Crippen molar-refractivity contribution in [2.45, 2.75) is 116 Å². The fourth-order valence-electron chi connectivity index (χ4n) is 3.33. The zero-order valence-corrected chi connectivity index (χ0v) is 17.5. The molecule has 0 aromatic carbocycles. The molecule has 0 aliphatic rings. The van der Waals surface area contributed by atoms with Crippen molar-refractivity contribution >= 4 is 0 Å². The van der Waals surface area contributed by atoms with Gasteiger partial charge in [0.25, 0.3) is 0 Å². The maximum atomic E-state index is 9.07. The van der Waals surface area contributed by atoms with Gasteiger partial charge in [0.2, 0.25) is 0 Å². The second-order valence-electron chi connectivity index (χ2n) is 7.68. The van der Waals surface area contributed by atoms with Crippen LogP contribution in [0.1, 0.15) is 110 Å². The molecule has 0 aliphatic heterocycles. The van der Waals surface area contributed by atoms with Crippen LogP contribution in [0.3, 0.4) is 0 Å². The second kappa shape index (κ2) is 21.9. The summed E-state index contributed by atoms with van der Waals surface area (Å²) in [6, 6.07) is 0.195. The van der Waals surface area contributed by atoms with Crippen LogP contribution in [0, 0.1) is 0 Å². The lowest BCUT2D eigenvalue weighted by Crippen LogP contribution is -2.39. The van der Waals surface area contributed by atoms with Crippen LogP contribution in [-0.4, -0.2) is 37.9 Å². The van der Waals surface area contributed by atoms with Crippen molar-refractivity contribution in [3.8, 4) is 0 Å².